The van der Waals surface area contributed by atoms with Gasteiger partial charge < -0.3 is 15.3 Å². The molecule has 0 bridgehead atoms. The molecule has 3 N–H and O–H groups in total. The predicted octanol–water partition coefficient (Wildman–Crippen LogP) is 1.13. The van der Waals surface area contributed by atoms with Gasteiger partial charge >= 0.3 is 5.97 Å². The van der Waals surface area contributed by atoms with Gasteiger partial charge in [0.2, 0.25) is 0 Å². The highest BCUT2D eigenvalue weighted by molar-refractivity contribution is 5.89. The SMILES string of the molecule is O=C(O)c1ncc(O)c(C(F)F)c1O. The second-order valence-electron chi connectivity index (χ2n) is 2.36. The fraction of sp³-hybridized carbons (Fsp3) is 0.143. The Kier molecular flexibility index (Phi) is 2.50. The van der Waals surface area contributed by atoms with Gasteiger partial charge in [-0.3, -0.25) is 0 Å². The highest BCUT2D eigenvalue weighted by Crippen LogP contribution is 2.36. The molecule has 1 heterocycles. The zero-order valence-corrected chi connectivity index (χ0v) is 6.61. The minimum Gasteiger partial charge on any atom is -0.506 e. The molecule has 0 aromatic carbocycles. The van der Waals surface area contributed by atoms with E-state index < -0.39 is 35.2 Å². The van der Waals surface area contributed by atoms with Crippen LogP contribution in [0.1, 0.15) is 22.5 Å². The topological polar surface area (TPSA) is 90.7 Å². The summed E-state index contributed by atoms with van der Waals surface area (Å²) in [5.74, 6) is -3.81. The highest BCUT2D eigenvalue weighted by Gasteiger charge is 2.24. The first-order valence-corrected chi connectivity index (χ1v) is 3.37. The van der Waals surface area contributed by atoms with Crippen molar-refractivity contribution in [3.63, 3.8) is 0 Å². The van der Waals surface area contributed by atoms with Crippen molar-refractivity contribution < 1.29 is 28.9 Å². The average molecular weight is 205 g/mol. The maximum Gasteiger partial charge on any atom is 0.358 e. The van der Waals surface area contributed by atoms with Gasteiger partial charge in [-0.25, -0.2) is 18.6 Å². The summed E-state index contributed by atoms with van der Waals surface area (Å²) in [5, 5.41) is 26.3. The summed E-state index contributed by atoms with van der Waals surface area (Å²) in [7, 11) is 0. The van der Waals surface area contributed by atoms with E-state index in [9.17, 15) is 13.6 Å². The maximum atomic E-state index is 12.2. The summed E-state index contributed by atoms with van der Waals surface area (Å²) in [6, 6.07) is 0. The Hall–Kier alpha value is -1.92. The monoisotopic (exact) mass is 205 g/mol. The number of nitrogens with zero attached hydrogens (tertiary/aromatic N) is 1. The first-order valence-electron chi connectivity index (χ1n) is 3.37. The van der Waals surface area contributed by atoms with Crippen LogP contribution in [0.5, 0.6) is 11.5 Å². The third-order valence-electron chi connectivity index (χ3n) is 1.49. The zero-order chi connectivity index (χ0) is 10.9. The molecule has 14 heavy (non-hydrogen) atoms. The van der Waals surface area contributed by atoms with Gasteiger partial charge in [0.25, 0.3) is 6.43 Å². The minimum absolute atomic E-state index is 0.546. The van der Waals surface area contributed by atoms with Gasteiger partial charge in [-0.2, -0.15) is 0 Å². The Bertz CT molecular complexity index is 380. The molecule has 0 aliphatic rings. The molecule has 0 saturated heterocycles. The third kappa shape index (κ3) is 1.56. The van der Waals surface area contributed by atoms with Crippen LogP contribution < -0.4 is 0 Å². The number of aromatic nitrogens is 1. The number of hydrogen-bond acceptors (Lipinski definition) is 4. The van der Waals surface area contributed by atoms with E-state index in [0.717, 1.165) is 0 Å². The molecule has 0 amide bonds. The molecule has 1 aromatic rings. The van der Waals surface area contributed by atoms with Gasteiger partial charge in [-0.1, -0.05) is 0 Å². The van der Waals surface area contributed by atoms with Crippen LogP contribution in [0.2, 0.25) is 0 Å². The summed E-state index contributed by atoms with van der Waals surface area (Å²) in [6.45, 7) is 0. The molecule has 76 valence electrons. The van der Waals surface area contributed by atoms with E-state index in [0.29, 0.717) is 6.20 Å². The second kappa shape index (κ2) is 3.44. The Morgan fingerprint density at radius 1 is 1.43 bits per heavy atom. The van der Waals surface area contributed by atoms with Crippen molar-refractivity contribution in [3.05, 3.63) is 17.5 Å². The Labute approximate surface area is 76.3 Å². The van der Waals surface area contributed by atoms with Crippen LogP contribution >= 0.6 is 0 Å². The van der Waals surface area contributed by atoms with Gasteiger partial charge in [-0.15, -0.1) is 0 Å². The average Bonchev–Trinajstić information content (AvgIpc) is 2.02. The number of alkyl halides is 2. The van der Waals surface area contributed by atoms with Crippen LogP contribution in [0, 0.1) is 0 Å². The lowest BCUT2D eigenvalue weighted by Crippen LogP contribution is -2.03. The summed E-state index contributed by atoms with van der Waals surface area (Å²) in [4.78, 5) is 13.4. The Balaban J connectivity index is 3.41. The molecule has 0 saturated carbocycles. The zero-order valence-electron chi connectivity index (χ0n) is 6.61. The third-order valence-corrected chi connectivity index (χ3v) is 1.49. The quantitative estimate of drug-likeness (QED) is 0.673. The first-order chi connectivity index (χ1) is 6.45. The molecule has 0 spiro atoms. The van der Waals surface area contributed by atoms with Crippen molar-refractivity contribution in [3.8, 4) is 11.5 Å². The van der Waals surface area contributed by atoms with Crippen molar-refractivity contribution in [2.45, 2.75) is 6.43 Å². The summed E-state index contributed by atoms with van der Waals surface area (Å²) >= 11 is 0. The van der Waals surface area contributed by atoms with Crippen molar-refractivity contribution >= 4 is 5.97 Å². The summed E-state index contributed by atoms with van der Waals surface area (Å²) in [6.07, 6.45) is -2.62. The fourth-order valence-electron chi connectivity index (χ4n) is 0.877. The normalized spacial score (nSPS) is 10.5. The number of aromatic hydroxyl groups is 2. The predicted molar refractivity (Wildman–Crippen MR) is 39.5 cm³/mol. The lowest BCUT2D eigenvalue weighted by Gasteiger charge is -2.06. The van der Waals surface area contributed by atoms with Crippen LogP contribution in [0.15, 0.2) is 6.20 Å². The van der Waals surface area contributed by atoms with E-state index in [2.05, 4.69) is 4.98 Å². The minimum atomic E-state index is -3.17. The summed E-state index contributed by atoms with van der Waals surface area (Å²) in [5.41, 5.74) is -2.05. The molecule has 7 heteroatoms. The van der Waals surface area contributed by atoms with Crippen molar-refractivity contribution in [2.75, 3.05) is 0 Å². The number of hydrogen-bond donors (Lipinski definition) is 3. The van der Waals surface area contributed by atoms with Crippen LogP contribution in [-0.4, -0.2) is 26.3 Å². The van der Waals surface area contributed by atoms with Crippen molar-refractivity contribution in [2.24, 2.45) is 0 Å². The highest BCUT2D eigenvalue weighted by atomic mass is 19.3. The van der Waals surface area contributed by atoms with E-state index >= 15 is 0 Å². The van der Waals surface area contributed by atoms with E-state index in [4.69, 9.17) is 15.3 Å². The summed E-state index contributed by atoms with van der Waals surface area (Å²) < 4.78 is 24.4. The molecule has 5 nitrogen and oxygen atoms in total. The molecular weight excluding hydrogens is 200 g/mol. The van der Waals surface area contributed by atoms with Gasteiger partial charge in [0.1, 0.15) is 11.3 Å². The molecule has 0 radical (unpaired) electrons. The Morgan fingerprint density at radius 3 is 2.43 bits per heavy atom. The number of rotatable bonds is 2. The van der Waals surface area contributed by atoms with Crippen LogP contribution in [0.4, 0.5) is 8.78 Å². The lowest BCUT2D eigenvalue weighted by atomic mass is 10.2. The van der Waals surface area contributed by atoms with Gasteiger partial charge in [0, 0.05) is 0 Å². The van der Waals surface area contributed by atoms with E-state index in [1.807, 2.05) is 0 Å². The van der Waals surface area contributed by atoms with Gasteiger partial charge in [-0.05, 0) is 0 Å². The second-order valence-corrected chi connectivity index (χ2v) is 2.36. The maximum absolute atomic E-state index is 12.2. The number of aromatic carboxylic acids is 1. The van der Waals surface area contributed by atoms with Crippen LogP contribution in [0.25, 0.3) is 0 Å². The van der Waals surface area contributed by atoms with Crippen LogP contribution in [0.3, 0.4) is 0 Å². The van der Waals surface area contributed by atoms with E-state index in [-0.39, 0.29) is 0 Å². The smallest absolute Gasteiger partial charge is 0.358 e. The molecule has 0 atom stereocenters. The fourth-order valence-corrected chi connectivity index (χ4v) is 0.877. The van der Waals surface area contributed by atoms with Gasteiger partial charge in [0.15, 0.2) is 11.4 Å². The largest absolute Gasteiger partial charge is 0.506 e. The number of pyridine rings is 1. The molecular formula is C7H5F2NO4. The van der Waals surface area contributed by atoms with Crippen LogP contribution in [-0.2, 0) is 0 Å². The molecule has 0 unspecified atom stereocenters. The number of carboxylic acids is 1. The van der Waals surface area contributed by atoms with E-state index in [1.165, 1.54) is 0 Å². The Morgan fingerprint density at radius 2 is 2.00 bits per heavy atom. The number of carbonyl (C=O) groups is 1. The van der Waals surface area contributed by atoms with E-state index in [1.54, 1.807) is 0 Å². The molecule has 0 fully saturated rings. The van der Waals surface area contributed by atoms with Crippen molar-refractivity contribution in [1.82, 2.24) is 4.98 Å². The number of carboxylic acid groups (broad SMARTS) is 1. The molecule has 0 aliphatic carbocycles. The number of halogens is 2. The lowest BCUT2D eigenvalue weighted by molar-refractivity contribution is 0.0685. The molecule has 1 rings (SSSR count). The van der Waals surface area contributed by atoms with Crippen molar-refractivity contribution in [1.29, 1.82) is 0 Å². The molecule has 1 aromatic heterocycles. The standard InChI is InChI=1S/C7H5F2NO4/c8-6(9)3-2(11)1-10-4(5(3)12)7(13)14/h1,6,11-12H,(H,13,14). The van der Waals surface area contributed by atoms with Gasteiger partial charge in [0.05, 0.1) is 6.20 Å². The first kappa shape index (κ1) is 10.2. The molecule has 0 aliphatic heterocycles.